The minimum Gasteiger partial charge on any atom is -0.872 e. The van der Waals surface area contributed by atoms with Crippen LogP contribution in [-0.2, 0) is 21.3 Å². The van der Waals surface area contributed by atoms with E-state index < -0.39 is 0 Å². The molecule has 0 aliphatic heterocycles. The summed E-state index contributed by atoms with van der Waals surface area (Å²) in [5.41, 5.74) is 3.04. The molecule has 0 saturated carbocycles. The normalized spacial score (nSPS) is 10.9. The van der Waals surface area contributed by atoms with Crippen molar-refractivity contribution in [3.05, 3.63) is 84.2 Å². The maximum absolute atomic E-state index is 12.0. The van der Waals surface area contributed by atoms with Crippen LogP contribution in [0.3, 0.4) is 0 Å². The summed E-state index contributed by atoms with van der Waals surface area (Å²) in [7, 11) is 4.33. The zero-order valence-corrected chi connectivity index (χ0v) is 18.8. The van der Waals surface area contributed by atoms with Gasteiger partial charge in [0.1, 0.15) is 0 Å². The van der Waals surface area contributed by atoms with Crippen LogP contribution in [0.2, 0.25) is 0 Å². The van der Waals surface area contributed by atoms with Crippen LogP contribution in [0, 0.1) is 0 Å². The number of hydrogen-bond donors (Lipinski definition) is 0. The molecule has 0 atom stereocenters. The van der Waals surface area contributed by atoms with Crippen LogP contribution in [-0.4, -0.2) is 29.2 Å². The van der Waals surface area contributed by atoms with Crippen LogP contribution < -0.4 is 5.11 Å². The molecule has 0 unspecified atom stereocenters. The van der Waals surface area contributed by atoms with E-state index in [2.05, 4.69) is 45.2 Å². The fourth-order valence-electron chi connectivity index (χ4n) is 2.41. The monoisotopic (exact) mass is 483 g/mol. The van der Waals surface area contributed by atoms with Crippen LogP contribution in [0.15, 0.2) is 88.1 Å². The standard InChI is InChI=1S/C22H22N4OS.ClH.Co/c27-22-10-9-21(26-25-20-7-2-1-3-8-20)16-18(22)17-23-13-15-28-14-11-19-6-4-5-12-24-19;;/h1-10,12,16-17,27H,11,13-15H2;1H;/q;;+2/p-2. The minimum absolute atomic E-state index is 0.0646. The largest absolute Gasteiger partial charge is 0.872 e. The molecule has 0 bridgehead atoms. The predicted molar refractivity (Wildman–Crippen MR) is 120 cm³/mol. The zero-order valence-electron chi connectivity index (χ0n) is 16.2. The van der Waals surface area contributed by atoms with Crippen molar-refractivity contribution in [2.75, 3.05) is 18.1 Å². The number of halogens is 1. The van der Waals surface area contributed by atoms with Gasteiger partial charge in [-0.05, 0) is 54.1 Å². The second kappa shape index (κ2) is 14.7. The Bertz CT molecular complexity index is 927. The first-order valence-electron chi connectivity index (χ1n) is 9.19. The van der Waals surface area contributed by atoms with Gasteiger partial charge in [0.25, 0.3) is 0 Å². The van der Waals surface area contributed by atoms with Crippen LogP contribution in [0.4, 0.5) is 11.4 Å². The Hall–Kier alpha value is -2.19. The Balaban J connectivity index is 0.00000155. The van der Waals surface area contributed by atoms with Gasteiger partial charge in [0.2, 0.25) is 0 Å². The van der Waals surface area contributed by atoms with E-state index in [1.54, 1.807) is 18.3 Å². The zero-order chi connectivity index (χ0) is 21.4. The Morgan fingerprint density at radius 3 is 2.47 bits per heavy atom. The summed E-state index contributed by atoms with van der Waals surface area (Å²) >= 11 is 4.87. The molecule has 0 amide bonds. The van der Waals surface area contributed by atoms with Gasteiger partial charge < -0.3 is 5.11 Å². The molecule has 3 aromatic rings. The van der Waals surface area contributed by atoms with Crippen molar-refractivity contribution in [1.29, 1.82) is 0 Å². The molecular formula is C22H21ClCoN4OS. The molecule has 0 radical (unpaired) electrons. The van der Waals surface area contributed by atoms with Crippen molar-refractivity contribution in [1.82, 2.24) is 4.98 Å². The van der Waals surface area contributed by atoms with Crippen LogP contribution >= 0.6 is 21.9 Å². The van der Waals surface area contributed by atoms with Crippen LogP contribution in [0.5, 0.6) is 5.75 Å². The van der Waals surface area contributed by atoms with E-state index in [0.29, 0.717) is 17.8 Å². The molecule has 0 aliphatic rings. The average Bonchev–Trinajstić information content (AvgIpc) is 2.81. The second-order valence-electron chi connectivity index (χ2n) is 5.98. The number of pyridine rings is 1. The van der Waals surface area contributed by atoms with Crippen LogP contribution in [0.1, 0.15) is 11.3 Å². The number of hydrogen-bond acceptors (Lipinski definition) is 6. The molecule has 1 heterocycles. The Morgan fingerprint density at radius 1 is 0.933 bits per heavy atom. The van der Waals surface area contributed by atoms with Crippen molar-refractivity contribution in [2.24, 2.45) is 15.2 Å². The first-order chi connectivity index (χ1) is 14.8. The average molecular weight is 484 g/mol. The third-order valence-corrected chi connectivity index (χ3v) is 4.82. The summed E-state index contributed by atoms with van der Waals surface area (Å²) < 4.78 is 0. The number of nitrogens with zero attached hydrogens (tertiary/aromatic N) is 4. The molecule has 0 spiro atoms. The summed E-state index contributed by atoms with van der Waals surface area (Å²) in [6.07, 6.45) is 4.40. The van der Waals surface area contributed by atoms with E-state index >= 15 is 0 Å². The van der Waals surface area contributed by atoms with Crippen molar-refractivity contribution in [3.8, 4) is 5.75 Å². The van der Waals surface area contributed by atoms with Gasteiger partial charge in [-0.25, -0.2) is 0 Å². The Kier molecular flexibility index (Phi) is 11.8. The second-order valence-corrected chi connectivity index (χ2v) is 7.20. The smallest absolute Gasteiger partial charge is 0.0863 e. The van der Waals surface area contributed by atoms with Gasteiger partial charge in [-0.2, -0.15) is 22.0 Å². The summed E-state index contributed by atoms with van der Waals surface area (Å²) in [5.74, 6) is 1.85. The Morgan fingerprint density at radius 2 is 1.70 bits per heavy atom. The summed E-state index contributed by atoms with van der Waals surface area (Å²) in [6.45, 7) is 0.669. The molecule has 1 aromatic heterocycles. The molecule has 0 saturated heterocycles. The molecule has 30 heavy (non-hydrogen) atoms. The number of rotatable bonds is 9. The molecule has 0 N–H and O–H groups in total. The first kappa shape index (κ1) is 24.1. The maximum atomic E-state index is 12.0. The number of azo groups is 1. The van der Waals surface area contributed by atoms with E-state index in [-0.39, 0.29) is 5.75 Å². The van der Waals surface area contributed by atoms with Gasteiger partial charge in [-0.15, -0.1) is 0 Å². The molecule has 5 nitrogen and oxygen atoms in total. The number of aromatic nitrogens is 1. The maximum Gasteiger partial charge on any atom is 0.0863 e. The topological polar surface area (TPSA) is 73.0 Å². The SMILES string of the molecule is [Cl][Co+].[O-]c1ccc(N=Nc2ccccc2)cc1C=NCCSCCc1ccccn1. The minimum atomic E-state index is -0.0646. The molecule has 0 aliphatic carbocycles. The molecule has 8 heteroatoms. The summed E-state index contributed by atoms with van der Waals surface area (Å²) in [6, 6.07) is 20.3. The van der Waals surface area contributed by atoms with Crippen molar-refractivity contribution >= 4 is 39.5 Å². The molecule has 2 aromatic carbocycles. The fraction of sp³-hybridized carbons (Fsp3) is 0.182. The van der Waals surface area contributed by atoms with Crippen LogP contribution in [0.25, 0.3) is 0 Å². The summed E-state index contributed by atoms with van der Waals surface area (Å²) in [5, 5.41) is 20.4. The van der Waals surface area contributed by atoms with Gasteiger partial charge in [-0.3, -0.25) is 9.98 Å². The number of aliphatic imine (C=N–C) groups is 1. The molecular weight excluding hydrogens is 463 g/mol. The number of aryl methyl sites for hydroxylation is 1. The van der Waals surface area contributed by atoms with Crippen molar-refractivity contribution in [3.63, 3.8) is 0 Å². The van der Waals surface area contributed by atoms with E-state index in [4.69, 9.17) is 0 Å². The first-order valence-corrected chi connectivity index (χ1v) is 11.8. The van der Waals surface area contributed by atoms with E-state index in [1.807, 2.05) is 66.5 Å². The molecule has 3 rings (SSSR count). The third kappa shape index (κ3) is 9.09. The molecule has 157 valence electrons. The van der Waals surface area contributed by atoms with E-state index in [9.17, 15) is 5.11 Å². The van der Waals surface area contributed by atoms with Crippen molar-refractivity contribution < 1.29 is 19.9 Å². The van der Waals surface area contributed by atoms with Gasteiger partial charge in [0, 0.05) is 30.4 Å². The van der Waals surface area contributed by atoms with E-state index in [1.165, 1.54) is 6.07 Å². The van der Waals surface area contributed by atoms with Gasteiger partial charge >= 0.3 is 25.0 Å². The third-order valence-electron chi connectivity index (χ3n) is 3.85. The predicted octanol–water partition coefficient (Wildman–Crippen LogP) is 5.65. The Labute approximate surface area is 193 Å². The van der Waals surface area contributed by atoms with Crippen molar-refractivity contribution in [2.45, 2.75) is 6.42 Å². The quantitative estimate of drug-likeness (QED) is 0.224. The van der Waals surface area contributed by atoms with Gasteiger partial charge in [-0.1, -0.05) is 36.1 Å². The molecule has 0 fully saturated rings. The van der Waals surface area contributed by atoms with E-state index in [0.717, 1.165) is 29.3 Å². The number of thioether (sulfide) groups is 1. The number of benzene rings is 2. The summed E-state index contributed by atoms with van der Waals surface area (Å²) in [4.78, 5) is 8.68. The van der Waals surface area contributed by atoms with Gasteiger partial charge in [0.15, 0.2) is 0 Å². The van der Waals surface area contributed by atoms with Gasteiger partial charge in [0.05, 0.1) is 11.4 Å². The fourth-order valence-corrected chi connectivity index (χ4v) is 3.21.